The third kappa shape index (κ3) is 3.70. The lowest BCUT2D eigenvalue weighted by molar-refractivity contribution is -0.139. The molecule has 2 unspecified atom stereocenters. The number of ether oxygens (including phenoxy) is 1. The summed E-state index contributed by atoms with van der Waals surface area (Å²) in [6.07, 6.45) is 3.95. The Labute approximate surface area is 119 Å². The molecular formula is C14H24N2O4. The van der Waals surface area contributed by atoms with Crippen LogP contribution in [0.15, 0.2) is 0 Å². The third-order valence-electron chi connectivity index (χ3n) is 4.34. The maximum atomic E-state index is 12.3. The minimum atomic E-state index is -0.726. The highest BCUT2D eigenvalue weighted by atomic mass is 16.5. The second kappa shape index (κ2) is 7.04. The predicted octanol–water partition coefficient (Wildman–Crippen LogP) is 0.467. The summed E-state index contributed by atoms with van der Waals surface area (Å²) in [6.45, 7) is 1.62. The molecule has 0 aromatic carbocycles. The van der Waals surface area contributed by atoms with Crippen LogP contribution in [0.25, 0.3) is 0 Å². The van der Waals surface area contributed by atoms with Crippen LogP contribution in [0.3, 0.4) is 0 Å². The number of amides is 1. The molecule has 2 bridgehead atoms. The number of nitrogens with one attached hydrogen (secondary N) is 1. The molecule has 2 N–H and O–H groups in total. The Morgan fingerprint density at radius 1 is 1.30 bits per heavy atom. The van der Waals surface area contributed by atoms with Gasteiger partial charge in [-0.1, -0.05) is 0 Å². The monoisotopic (exact) mass is 284 g/mol. The topological polar surface area (TPSA) is 78.9 Å². The molecule has 0 radical (unpaired) electrons. The SMILES string of the molecule is COCCNCC(=O)N1C2CCC1CC(CC(=O)O)C2. The predicted molar refractivity (Wildman–Crippen MR) is 73.4 cm³/mol. The van der Waals surface area contributed by atoms with Gasteiger partial charge in [0.15, 0.2) is 0 Å². The van der Waals surface area contributed by atoms with Crippen molar-refractivity contribution in [1.82, 2.24) is 10.2 Å². The summed E-state index contributed by atoms with van der Waals surface area (Å²) in [7, 11) is 1.64. The molecule has 0 aliphatic carbocycles. The number of carboxylic acid groups (broad SMARTS) is 1. The van der Waals surface area contributed by atoms with Gasteiger partial charge in [0.1, 0.15) is 0 Å². The van der Waals surface area contributed by atoms with Gasteiger partial charge in [-0.25, -0.2) is 0 Å². The van der Waals surface area contributed by atoms with Crippen molar-refractivity contribution in [2.45, 2.75) is 44.2 Å². The van der Waals surface area contributed by atoms with Gasteiger partial charge in [0.05, 0.1) is 13.2 Å². The molecule has 2 aliphatic rings. The van der Waals surface area contributed by atoms with Gasteiger partial charge in [-0.3, -0.25) is 9.59 Å². The zero-order chi connectivity index (χ0) is 14.5. The van der Waals surface area contributed by atoms with E-state index in [-0.39, 0.29) is 30.3 Å². The zero-order valence-corrected chi connectivity index (χ0v) is 12.0. The highest BCUT2D eigenvalue weighted by Gasteiger charge is 2.43. The van der Waals surface area contributed by atoms with E-state index in [2.05, 4.69) is 5.32 Å². The number of nitrogens with zero attached hydrogens (tertiary/aromatic N) is 1. The molecular weight excluding hydrogens is 260 g/mol. The first-order chi connectivity index (χ1) is 9.61. The lowest BCUT2D eigenvalue weighted by Gasteiger charge is -2.38. The fourth-order valence-electron chi connectivity index (χ4n) is 3.57. The smallest absolute Gasteiger partial charge is 0.303 e. The Balaban J connectivity index is 1.82. The third-order valence-corrected chi connectivity index (χ3v) is 4.34. The summed E-state index contributed by atoms with van der Waals surface area (Å²) >= 11 is 0. The maximum absolute atomic E-state index is 12.3. The highest BCUT2D eigenvalue weighted by Crippen LogP contribution is 2.39. The Kier molecular flexibility index (Phi) is 5.37. The number of rotatable bonds is 7. The molecule has 6 nitrogen and oxygen atoms in total. The molecule has 6 heteroatoms. The Morgan fingerprint density at radius 3 is 2.50 bits per heavy atom. The number of carbonyl (C=O) groups is 2. The summed E-state index contributed by atoms with van der Waals surface area (Å²) < 4.78 is 4.93. The summed E-state index contributed by atoms with van der Waals surface area (Å²) in [5, 5.41) is 12.0. The van der Waals surface area contributed by atoms with Crippen LogP contribution in [-0.4, -0.2) is 60.8 Å². The van der Waals surface area contributed by atoms with Gasteiger partial charge in [0.25, 0.3) is 0 Å². The van der Waals surface area contributed by atoms with Gasteiger partial charge < -0.3 is 20.1 Å². The van der Waals surface area contributed by atoms with Crippen LogP contribution in [0.5, 0.6) is 0 Å². The quantitative estimate of drug-likeness (QED) is 0.664. The number of hydrogen-bond donors (Lipinski definition) is 2. The summed E-state index contributed by atoms with van der Waals surface area (Å²) in [6, 6.07) is 0.490. The van der Waals surface area contributed by atoms with Crippen LogP contribution < -0.4 is 5.32 Å². The van der Waals surface area contributed by atoms with Crippen molar-refractivity contribution in [3.8, 4) is 0 Å². The molecule has 2 aliphatic heterocycles. The standard InChI is InChI=1S/C14H24N2O4/c1-20-5-4-15-9-13(17)16-11-2-3-12(16)7-10(6-11)8-14(18)19/h10-12,15H,2-9H2,1H3,(H,18,19). The van der Waals surface area contributed by atoms with Crippen molar-refractivity contribution in [3.63, 3.8) is 0 Å². The van der Waals surface area contributed by atoms with Gasteiger partial charge in [-0.15, -0.1) is 0 Å². The van der Waals surface area contributed by atoms with E-state index in [4.69, 9.17) is 9.84 Å². The minimum Gasteiger partial charge on any atom is -0.481 e. The molecule has 2 fully saturated rings. The van der Waals surface area contributed by atoms with Crippen molar-refractivity contribution >= 4 is 11.9 Å². The molecule has 0 saturated carbocycles. The maximum Gasteiger partial charge on any atom is 0.303 e. The van der Waals surface area contributed by atoms with E-state index in [0.29, 0.717) is 19.7 Å². The first kappa shape index (κ1) is 15.3. The van der Waals surface area contributed by atoms with E-state index in [1.807, 2.05) is 4.90 Å². The van der Waals surface area contributed by atoms with Crippen molar-refractivity contribution in [1.29, 1.82) is 0 Å². The Hall–Kier alpha value is -1.14. The number of hydrogen-bond acceptors (Lipinski definition) is 4. The first-order valence-electron chi connectivity index (χ1n) is 7.34. The highest BCUT2D eigenvalue weighted by molar-refractivity contribution is 5.79. The molecule has 20 heavy (non-hydrogen) atoms. The number of piperidine rings is 1. The van der Waals surface area contributed by atoms with E-state index in [9.17, 15) is 9.59 Å². The molecule has 114 valence electrons. The fraction of sp³-hybridized carbons (Fsp3) is 0.857. The van der Waals surface area contributed by atoms with Gasteiger partial charge in [-0.2, -0.15) is 0 Å². The summed E-state index contributed by atoms with van der Waals surface area (Å²) in [5.74, 6) is -0.353. The lowest BCUT2D eigenvalue weighted by Crippen LogP contribution is -2.50. The molecule has 2 saturated heterocycles. The number of aliphatic carboxylic acids is 1. The normalized spacial score (nSPS) is 28.6. The second-order valence-electron chi connectivity index (χ2n) is 5.79. The van der Waals surface area contributed by atoms with Gasteiger partial charge in [0, 0.05) is 32.2 Å². The average Bonchev–Trinajstić information content (AvgIpc) is 2.66. The van der Waals surface area contributed by atoms with Gasteiger partial charge in [0.2, 0.25) is 5.91 Å². The molecule has 2 rings (SSSR count). The van der Waals surface area contributed by atoms with Crippen molar-refractivity contribution in [2.24, 2.45) is 5.92 Å². The van der Waals surface area contributed by atoms with Crippen LogP contribution in [0.4, 0.5) is 0 Å². The van der Waals surface area contributed by atoms with E-state index in [1.54, 1.807) is 7.11 Å². The second-order valence-corrected chi connectivity index (χ2v) is 5.79. The number of carboxylic acids is 1. The first-order valence-corrected chi connectivity index (χ1v) is 7.34. The van der Waals surface area contributed by atoms with Gasteiger partial charge in [-0.05, 0) is 31.6 Å². The number of methoxy groups -OCH3 is 1. The van der Waals surface area contributed by atoms with Crippen LogP contribution in [0.2, 0.25) is 0 Å². The van der Waals surface area contributed by atoms with E-state index < -0.39 is 5.97 Å². The number of carbonyl (C=O) groups excluding carboxylic acids is 1. The van der Waals surface area contributed by atoms with Crippen molar-refractivity contribution in [3.05, 3.63) is 0 Å². The fourth-order valence-corrected chi connectivity index (χ4v) is 3.57. The van der Waals surface area contributed by atoms with E-state index in [1.165, 1.54) is 0 Å². The molecule has 2 atom stereocenters. The largest absolute Gasteiger partial charge is 0.481 e. The van der Waals surface area contributed by atoms with E-state index in [0.717, 1.165) is 25.7 Å². The van der Waals surface area contributed by atoms with Crippen molar-refractivity contribution in [2.75, 3.05) is 26.8 Å². The molecule has 0 aromatic heterocycles. The lowest BCUT2D eigenvalue weighted by atomic mass is 9.88. The molecule has 1 amide bonds. The molecule has 0 aromatic rings. The number of fused-ring (bicyclic) bond motifs is 2. The van der Waals surface area contributed by atoms with E-state index >= 15 is 0 Å². The molecule has 0 spiro atoms. The average molecular weight is 284 g/mol. The van der Waals surface area contributed by atoms with Crippen LogP contribution in [0.1, 0.15) is 32.1 Å². The van der Waals surface area contributed by atoms with Crippen molar-refractivity contribution < 1.29 is 19.4 Å². The van der Waals surface area contributed by atoms with Crippen LogP contribution in [-0.2, 0) is 14.3 Å². The Morgan fingerprint density at radius 2 is 1.95 bits per heavy atom. The Bertz CT molecular complexity index is 347. The summed E-state index contributed by atoms with van der Waals surface area (Å²) in [5.41, 5.74) is 0. The van der Waals surface area contributed by atoms with Crippen LogP contribution >= 0.6 is 0 Å². The van der Waals surface area contributed by atoms with Crippen LogP contribution in [0, 0.1) is 5.92 Å². The van der Waals surface area contributed by atoms with Gasteiger partial charge >= 0.3 is 5.97 Å². The zero-order valence-electron chi connectivity index (χ0n) is 12.0. The summed E-state index contributed by atoms with van der Waals surface area (Å²) in [4.78, 5) is 25.1. The minimum absolute atomic E-state index is 0.141. The molecule has 2 heterocycles.